The Balaban J connectivity index is 2.50. The van der Waals surface area contributed by atoms with Gasteiger partial charge in [-0.05, 0) is 36.1 Å². The molecule has 4 heteroatoms. The number of carbonyl (C=O) groups is 1. The first kappa shape index (κ1) is 11.3. The third-order valence-electron chi connectivity index (χ3n) is 2.26. The Morgan fingerprint density at radius 1 is 1.38 bits per heavy atom. The summed E-state index contributed by atoms with van der Waals surface area (Å²) in [6, 6.07) is 6.11. The van der Waals surface area contributed by atoms with Crippen LogP contribution in [-0.4, -0.2) is 5.78 Å². The van der Waals surface area contributed by atoms with Gasteiger partial charge in [0.15, 0.2) is 0 Å². The Labute approximate surface area is 101 Å². The van der Waals surface area contributed by atoms with Crippen LogP contribution in [0.4, 0.5) is 4.39 Å². The molecule has 1 aromatic heterocycles. The molecule has 0 amide bonds. The van der Waals surface area contributed by atoms with Crippen LogP contribution in [0.15, 0.2) is 29.6 Å². The van der Waals surface area contributed by atoms with Crippen LogP contribution in [0.3, 0.4) is 0 Å². The summed E-state index contributed by atoms with van der Waals surface area (Å²) in [5.74, 6) is -0.793. The maximum Gasteiger partial charge on any atom is 0.204 e. The van der Waals surface area contributed by atoms with Crippen molar-refractivity contribution in [3.8, 4) is 0 Å². The van der Waals surface area contributed by atoms with Gasteiger partial charge in [-0.15, -0.1) is 11.3 Å². The molecular formula is C12H8ClFOS. The van der Waals surface area contributed by atoms with Crippen molar-refractivity contribution < 1.29 is 9.18 Å². The molecule has 0 aliphatic rings. The van der Waals surface area contributed by atoms with Crippen molar-refractivity contribution in [1.82, 2.24) is 0 Å². The molecule has 0 aliphatic heterocycles. The number of carbonyl (C=O) groups excluding carboxylic acids is 1. The van der Waals surface area contributed by atoms with Crippen molar-refractivity contribution in [2.45, 2.75) is 6.92 Å². The summed E-state index contributed by atoms with van der Waals surface area (Å²) < 4.78 is 13.2. The van der Waals surface area contributed by atoms with Crippen LogP contribution in [0.5, 0.6) is 0 Å². The maximum absolute atomic E-state index is 13.2. The molecule has 0 N–H and O–H groups in total. The van der Waals surface area contributed by atoms with Crippen molar-refractivity contribution in [2.24, 2.45) is 0 Å². The molecule has 0 spiro atoms. The van der Waals surface area contributed by atoms with E-state index in [0.29, 0.717) is 4.88 Å². The number of halogens is 2. The molecule has 82 valence electrons. The molecule has 0 saturated carbocycles. The predicted octanol–water partition coefficient (Wildman–Crippen LogP) is 4.08. The molecule has 16 heavy (non-hydrogen) atoms. The van der Waals surface area contributed by atoms with Crippen LogP contribution in [0.2, 0.25) is 5.02 Å². The molecule has 1 heterocycles. The first-order chi connectivity index (χ1) is 7.61. The van der Waals surface area contributed by atoms with Gasteiger partial charge in [-0.3, -0.25) is 4.79 Å². The normalized spacial score (nSPS) is 10.4. The van der Waals surface area contributed by atoms with Gasteiger partial charge in [0.2, 0.25) is 5.78 Å². The molecule has 0 unspecified atom stereocenters. The predicted molar refractivity (Wildman–Crippen MR) is 63.9 cm³/mol. The van der Waals surface area contributed by atoms with Gasteiger partial charge in [-0.2, -0.15) is 0 Å². The second kappa shape index (κ2) is 4.36. The Kier molecular flexibility index (Phi) is 3.08. The van der Waals surface area contributed by atoms with Gasteiger partial charge in [-0.1, -0.05) is 17.7 Å². The zero-order valence-electron chi connectivity index (χ0n) is 8.46. The fraction of sp³-hybridized carbons (Fsp3) is 0.0833. The summed E-state index contributed by atoms with van der Waals surface area (Å²) in [4.78, 5) is 12.7. The molecule has 0 bridgehead atoms. The van der Waals surface area contributed by atoms with Crippen molar-refractivity contribution in [3.63, 3.8) is 0 Å². The van der Waals surface area contributed by atoms with E-state index in [1.807, 2.05) is 18.4 Å². The van der Waals surface area contributed by atoms with Gasteiger partial charge in [-0.25, -0.2) is 4.39 Å². The molecule has 1 aromatic carbocycles. The number of benzene rings is 1. The summed E-state index contributed by atoms with van der Waals surface area (Å²) in [6.45, 7) is 1.84. The zero-order valence-corrected chi connectivity index (χ0v) is 10.0. The SMILES string of the molecule is Cc1ccsc1C(=O)c1cccc(F)c1Cl. The minimum absolute atomic E-state index is 0.111. The third kappa shape index (κ3) is 1.88. The van der Waals surface area contributed by atoms with E-state index in [-0.39, 0.29) is 16.4 Å². The highest BCUT2D eigenvalue weighted by Gasteiger charge is 2.17. The monoisotopic (exact) mass is 254 g/mol. The topological polar surface area (TPSA) is 17.1 Å². The van der Waals surface area contributed by atoms with E-state index in [4.69, 9.17) is 11.6 Å². The highest BCUT2D eigenvalue weighted by Crippen LogP contribution is 2.26. The minimum Gasteiger partial charge on any atom is -0.288 e. The second-order valence-electron chi connectivity index (χ2n) is 3.36. The van der Waals surface area contributed by atoms with E-state index in [2.05, 4.69) is 0 Å². The van der Waals surface area contributed by atoms with E-state index >= 15 is 0 Å². The number of rotatable bonds is 2. The van der Waals surface area contributed by atoms with E-state index in [9.17, 15) is 9.18 Å². The molecule has 2 aromatic rings. The number of ketones is 1. The van der Waals surface area contributed by atoms with Gasteiger partial charge in [0.1, 0.15) is 5.82 Å². The molecule has 2 rings (SSSR count). The standard InChI is InChI=1S/C12H8ClFOS/c1-7-5-6-16-12(7)11(15)8-3-2-4-9(14)10(8)13/h2-6H,1H3. The molecule has 0 fully saturated rings. The van der Waals surface area contributed by atoms with E-state index in [0.717, 1.165) is 5.56 Å². The van der Waals surface area contributed by atoms with Crippen LogP contribution in [0.25, 0.3) is 0 Å². The molecule has 0 atom stereocenters. The minimum atomic E-state index is -0.568. The van der Waals surface area contributed by atoms with E-state index < -0.39 is 5.82 Å². The Morgan fingerprint density at radius 3 is 2.75 bits per heavy atom. The smallest absolute Gasteiger partial charge is 0.204 e. The lowest BCUT2D eigenvalue weighted by molar-refractivity contribution is 0.104. The number of thiophene rings is 1. The second-order valence-corrected chi connectivity index (χ2v) is 4.66. The zero-order chi connectivity index (χ0) is 11.7. The highest BCUT2D eigenvalue weighted by molar-refractivity contribution is 7.12. The van der Waals surface area contributed by atoms with E-state index in [1.165, 1.54) is 29.5 Å². The van der Waals surface area contributed by atoms with E-state index in [1.54, 1.807) is 0 Å². The summed E-state index contributed by atoms with van der Waals surface area (Å²) in [5, 5.41) is 1.72. The number of hydrogen-bond donors (Lipinski definition) is 0. The lowest BCUT2D eigenvalue weighted by atomic mass is 10.1. The Morgan fingerprint density at radius 2 is 2.12 bits per heavy atom. The first-order valence-electron chi connectivity index (χ1n) is 4.64. The van der Waals surface area contributed by atoms with Crippen LogP contribution < -0.4 is 0 Å². The summed E-state index contributed by atoms with van der Waals surface area (Å²) in [5.41, 5.74) is 1.10. The van der Waals surface area contributed by atoms with Gasteiger partial charge in [0.25, 0.3) is 0 Å². The molecule has 0 radical (unpaired) electrons. The van der Waals surface area contributed by atoms with Crippen molar-refractivity contribution in [2.75, 3.05) is 0 Å². The summed E-state index contributed by atoms with van der Waals surface area (Å²) in [7, 11) is 0. The van der Waals surface area contributed by atoms with Crippen molar-refractivity contribution in [3.05, 3.63) is 56.5 Å². The quantitative estimate of drug-likeness (QED) is 0.738. The first-order valence-corrected chi connectivity index (χ1v) is 5.90. The largest absolute Gasteiger partial charge is 0.288 e. The van der Waals surface area contributed by atoms with Gasteiger partial charge in [0.05, 0.1) is 9.90 Å². The number of hydrogen-bond acceptors (Lipinski definition) is 2. The average Bonchev–Trinajstić information content (AvgIpc) is 2.68. The molecule has 0 aliphatic carbocycles. The van der Waals surface area contributed by atoms with Gasteiger partial charge < -0.3 is 0 Å². The molecule has 0 saturated heterocycles. The molecular weight excluding hydrogens is 247 g/mol. The fourth-order valence-electron chi connectivity index (χ4n) is 1.41. The van der Waals surface area contributed by atoms with Crippen molar-refractivity contribution in [1.29, 1.82) is 0 Å². The Hall–Kier alpha value is -1.19. The number of aryl methyl sites for hydroxylation is 1. The maximum atomic E-state index is 13.2. The van der Waals surface area contributed by atoms with Crippen LogP contribution in [0, 0.1) is 12.7 Å². The average molecular weight is 255 g/mol. The third-order valence-corrected chi connectivity index (χ3v) is 3.66. The van der Waals surface area contributed by atoms with Crippen molar-refractivity contribution >= 4 is 28.7 Å². The van der Waals surface area contributed by atoms with Crippen LogP contribution in [-0.2, 0) is 0 Å². The van der Waals surface area contributed by atoms with Crippen LogP contribution in [0.1, 0.15) is 20.8 Å². The van der Waals surface area contributed by atoms with Crippen LogP contribution >= 0.6 is 22.9 Å². The lowest BCUT2D eigenvalue weighted by Crippen LogP contribution is -2.02. The molecule has 1 nitrogen and oxygen atoms in total. The Bertz CT molecular complexity index is 548. The highest BCUT2D eigenvalue weighted by atomic mass is 35.5. The van der Waals surface area contributed by atoms with Gasteiger partial charge in [0, 0.05) is 5.56 Å². The summed E-state index contributed by atoms with van der Waals surface area (Å²) in [6.07, 6.45) is 0. The fourth-order valence-corrected chi connectivity index (χ4v) is 2.50. The summed E-state index contributed by atoms with van der Waals surface area (Å²) >= 11 is 7.10. The van der Waals surface area contributed by atoms with Gasteiger partial charge >= 0.3 is 0 Å². The lowest BCUT2D eigenvalue weighted by Gasteiger charge is -2.03.